The maximum Gasteiger partial charge on any atom is 0.0597 e. The number of thioether (sulfide) groups is 2. The van der Waals surface area contributed by atoms with Crippen LogP contribution in [0, 0.1) is 6.92 Å². The van der Waals surface area contributed by atoms with Crippen LogP contribution in [0.2, 0.25) is 0 Å². The molecule has 0 spiro atoms. The number of aryl methyl sites for hydroxylation is 1. The fourth-order valence-corrected chi connectivity index (χ4v) is 5.70. The van der Waals surface area contributed by atoms with Crippen molar-refractivity contribution in [2.45, 2.75) is 30.4 Å². The van der Waals surface area contributed by atoms with Crippen LogP contribution in [0.5, 0.6) is 0 Å². The van der Waals surface area contributed by atoms with Crippen molar-refractivity contribution in [2.24, 2.45) is 5.84 Å². The summed E-state index contributed by atoms with van der Waals surface area (Å²) in [5.74, 6) is 8.24. The highest BCUT2D eigenvalue weighted by Crippen LogP contribution is 2.39. The Morgan fingerprint density at radius 2 is 2.19 bits per heavy atom. The minimum absolute atomic E-state index is 0.290. The van der Waals surface area contributed by atoms with Gasteiger partial charge in [-0.2, -0.15) is 23.5 Å². The summed E-state index contributed by atoms with van der Waals surface area (Å²) in [5, 5.41) is 3.48. The van der Waals surface area contributed by atoms with Crippen LogP contribution < -0.4 is 11.3 Å². The number of thiophene rings is 1. The van der Waals surface area contributed by atoms with Gasteiger partial charge in [0.1, 0.15) is 0 Å². The molecule has 0 aliphatic carbocycles. The molecule has 0 saturated carbocycles. The molecule has 1 aromatic heterocycles. The first-order valence-corrected chi connectivity index (χ1v) is 8.44. The van der Waals surface area contributed by atoms with Crippen molar-refractivity contribution < 1.29 is 0 Å². The first kappa shape index (κ1) is 12.8. The summed E-state index contributed by atoms with van der Waals surface area (Å²) < 4.78 is 0. The van der Waals surface area contributed by atoms with Gasteiger partial charge in [-0.15, -0.1) is 11.3 Å². The summed E-state index contributed by atoms with van der Waals surface area (Å²) in [7, 11) is 0. The fourth-order valence-electron chi connectivity index (χ4n) is 2.02. The third-order valence-electron chi connectivity index (χ3n) is 2.86. The summed E-state index contributed by atoms with van der Waals surface area (Å²) in [6.45, 7) is 4.46. The van der Waals surface area contributed by atoms with Gasteiger partial charge in [-0.05, 0) is 23.9 Å². The standard InChI is InChI=1S/C11H18N2S3/c1-7-5-9(6-16-7)10(13-12)11-8(2)14-3-4-15-11/h5-6,8,10-11,13H,3-4,12H2,1-2H3. The zero-order chi connectivity index (χ0) is 11.5. The normalized spacial score (nSPS) is 27.9. The number of rotatable bonds is 3. The summed E-state index contributed by atoms with van der Waals surface area (Å²) in [4.78, 5) is 1.36. The summed E-state index contributed by atoms with van der Waals surface area (Å²) >= 11 is 5.91. The maximum absolute atomic E-state index is 5.74. The van der Waals surface area contributed by atoms with E-state index in [0.29, 0.717) is 10.5 Å². The van der Waals surface area contributed by atoms with E-state index in [2.05, 4.69) is 42.5 Å². The van der Waals surface area contributed by atoms with Crippen molar-refractivity contribution >= 4 is 34.9 Å². The van der Waals surface area contributed by atoms with E-state index in [-0.39, 0.29) is 6.04 Å². The van der Waals surface area contributed by atoms with E-state index in [4.69, 9.17) is 5.84 Å². The number of nitrogens with one attached hydrogen (secondary N) is 1. The average Bonchev–Trinajstić information content (AvgIpc) is 2.69. The van der Waals surface area contributed by atoms with Crippen LogP contribution in [0.1, 0.15) is 23.4 Å². The van der Waals surface area contributed by atoms with Crippen LogP contribution in [-0.2, 0) is 0 Å². The van der Waals surface area contributed by atoms with E-state index < -0.39 is 0 Å². The Labute approximate surface area is 110 Å². The number of nitrogens with two attached hydrogens (primary N) is 1. The topological polar surface area (TPSA) is 38.0 Å². The Bertz CT molecular complexity index is 340. The Kier molecular flexibility index (Phi) is 4.61. The van der Waals surface area contributed by atoms with E-state index in [1.165, 1.54) is 21.9 Å². The van der Waals surface area contributed by atoms with Gasteiger partial charge in [-0.25, -0.2) is 0 Å². The van der Waals surface area contributed by atoms with Gasteiger partial charge in [0, 0.05) is 26.9 Å². The second kappa shape index (κ2) is 5.78. The molecule has 1 aliphatic rings. The van der Waals surface area contributed by atoms with E-state index in [1.807, 2.05) is 11.8 Å². The molecule has 0 radical (unpaired) electrons. The third kappa shape index (κ3) is 2.76. The van der Waals surface area contributed by atoms with E-state index >= 15 is 0 Å². The molecule has 0 amide bonds. The smallest absolute Gasteiger partial charge is 0.0597 e. The monoisotopic (exact) mass is 274 g/mol. The summed E-state index contributed by atoms with van der Waals surface area (Å²) in [5.41, 5.74) is 4.35. The number of hydrogen-bond acceptors (Lipinski definition) is 5. The zero-order valence-electron chi connectivity index (χ0n) is 9.60. The van der Waals surface area contributed by atoms with E-state index in [1.54, 1.807) is 11.3 Å². The average molecular weight is 274 g/mol. The quantitative estimate of drug-likeness (QED) is 0.656. The Morgan fingerprint density at radius 3 is 2.75 bits per heavy atom. The minimum atomic E-state index is 0.290. The molecule has 1 fully saturated rings. The van der Waals surface area contributed by atoms with Crippen molar-refractivity contribution in [3.8, 4) is 0 Å². The molecule has 1 aromatic rings. The van der Waals surface area contributed by atoms with Crippen LogP contribution in [0.25, 0.3) is 0 Å². The lowest BCUT2D eigenvalue weighted by atomic mass is 10.1. The summed E-state index contributed by atoms with van der Waals surface area (Å²) in [6, 6.07) is 2.54. The van der Waals surface area contributed by atoms with E-state index in [0.717, 1.165) is 0 Å². The lowest BCUT2D eigenvalue weighted by Gasteiger charge is -2.33. The fraction of sp³-hybridized carbons (Fsp3) is 0.636. The molecule has 5 heteroatoms. The molecular formula is C11H18N2S3. The van der Waals surface area contributed by atoms with Gasteiger partial charge in [0.2, 0.25) is 0 Å². The molecule has 3 N–H and O–H groups in total. The van der Waals surface area contributed by atoms with E-state index in [9.17, 15) is 0 Å². The van der Waals surface area contributed by atoms with Crippen LogP contribution in [0.3, 0.4) is 0 Å². The third-order valence-corrected chi connectivity index (χ3v) is 6.93. The molecule has 3 atom stereocenters. The van der Waals surface area contributed by atoms with Gasteiger partial charge in [0.15, 0.2) is 0 Å². The Hall–Kier alpha value is 0.320. The molecule has 16 heavy (non-hydrogen) atoms. The zero-order valence-corrected chi connectivity index (χ0v) is 12.1. The highest BCUT2D eigenvalue weighted by atomic mass is 32.2. The second-order valence-corrected chi connectivity index (χ2v) is 7.93. The van der Waals surface area contributed by atoms with Gasteiger partial charge in [0.25, 0.3) is 0 Å². The van der Waals surface area contributed by atoms with Crippen LogP contribution >= 0.6 is 34.9 Å². The molecule has 2 nitrogen and oxygen atoms in total. The Morgan fingerprint density at radius 1 is 1.44 bits per heavy atom. The van der Waals surface area contributed by atoms with Crippen LogP contribution in [0.4, 0.5) is 0 Å². The Balaban J connectivity index is 2.14. The molecule has 0 bridgehead atoms. The van der Waals surface area contributed by atoms with Crippen molar-refractivity contribution in [3.05, 3.63) is 21.9 Å². The molecule has 1 aliphatic heterocycles. The highest BCUT2D eigenvalue weighted by molar-refractivity contribution is 8.07. The van der Waals surface area contributed by atoms with Gasteiger partial charge in [0.05, 0.1) is 6.04 Å². The molecule has 0 aromatic carbocycles. The SMILES string of the molecule is Cc1cc(C(NN)C2SCCSC2C)cs1. The molecule has 3 unspecified atom stereocenters. The maximum atomic E-state index is 5.74. The molecule has 90 valence electrons. The second-order valence-electron chi connectivity index (χ2n) is 4.05. The van der Waals surface area contributed by atoms with Gasteiger partial charge in [-0.3, -0.25) is 11.3 Å². The van der Waals surface area contributed by atoms with Gasteiger partial charge < -0.3 is 0 Å². The van der Waals surface area contributed by atoms with Crippen molar-refractivity contribution in [1.82, 2.24) is 5.43 Å². The first-order valence-electron chi connectivity index (χ1n) is 5.46. The first-order chi connectivity index (χ1) is 7.72. The number of hydrogen-bond donors (Lipinski definition) is 2. The van der Waals surface area contributed by atoms with Crippen molar-refractivity contribution in [1.29, 1.82) is 0 Å². The lowest BCUT2D eigenvalue weighted by molar-refractivity contribution is 0.528. The summed E-state index contributed by atoms with van der Waals surface area (Å²) in [6.07, 6.45) is 0. The molecule has 2 heterocycles. The lowest BCUT2D eigenvalue weighted by Crippen LogP contribution is -2.40. The number of hydrazine groups is 1. The van der Waals surface area contributed by atoms with Crippen LogP contribution in [0.15, 0.2) is 11.4 Å². The largest absolute Gasteiger partial charge is 0.271 e. The van der Waals surface area contributed by atoms with Crippen LogP contribution in [-0.4, -0.2) is 22.0 Å². The predicted octanol–water partition coefficient (Wildman–Crippen LogP) is 2.80. The van der Waals surface area contributed by atoms with Gasteiger partial charge in [-0.1, -0.05) is 6.92 Å². The minimum Gasteiger partial charge on any atom is -0.271 e. The molecule has 1 saturated heterocycles. The predicted molar refractivity (Wildman–Crippen MR) is 77.3 cm³/mol. The molecular weight excluding hydrogens is 256 g/mol. The van der Waals surface area contributed by atoms with Crippen molar-refractivity contribution in [3.63, 3.8) is 0 Å². The van der Waals surface area contributed by atoms with Crippen molar-refractivity contribution in [2.75, 3.05) is 11.5 Å². The highest BCUT2D eigenvalue weighted by Gasteiger charge is 2.31. The molecule has 2 rings (SSSR count). The van der Waals surface area contributed by atoms with Gasteiger partial charge >= 0.3 is 0 Å².